The molecule has 3 rings (SSSR count). The third kappa shape index (κ3) is 3.12. The van der Waals surface area contributed by atoms with E-state index >= 15 is 0 Å². The fourth-order valence-corrected chi connectivity index (χ4v) is 5.38. The average molecular weight is 374 g/mol. The Balaban J connectivity index is 2.11. The van der Waals surface area contributed by atoms with Crippen molar-refractivity contribution < 1.29 is 24.1 Å². The zero-order chi connectivity index (χ0) is 19.8. The molecule has 0 aliphatic heterocycles. The number of hydrogen-bond donors (Lipinski definition) is 1. The lowest BCUT2D eigenvalue weighted by atomic mass is 9.48. The SMILES string of the molecule is COC(=O)/C=C/[C@]1(C)[C@@H](O)CC[C@]2(C)c3c(cc(OC)cc3OC)CC[C@@H]12. The number of benzene rings is 1. The van der Waals surface area contributed by atoms with Crippen LogP contribution in [0.1, 0.15) is 44.2 Å². The van der Waals surface area contributed by atoms with E-state index in [1.54, 1.807) is 14.2 Å². The summed E-state index contributed by atoms with van der Waals surface area (Å²) >= 11 is 0. The van der Waals surface area contributed by atoms with Crippen molar-refractivity contribution in [3.05, 3.63) is 35.4 Å². The van der Waals surface area contributed by atoms with E-state index in [0.717, 1.165) is 30.8 Å². The Morgan fingerprint density at radius 2 is 1.93 bits per heavy atom. The third-order valence-corrected chi connectivity index (χ3v) is 6.84. The summed E-state index contributed by atoms with van der Waals surface area (Å²) in [4.78, 5) is 11.7. The number of carbonyl (C=O) groups excluding carboxylic acids is 1. The van der Waals surface area contributed by atoms with Gasteiger partial charge in [-0.15, -0.1) is 0 Å². The molecule has 1 aromatic carbocycles. The molecule has 1 N–H and O–H groups in total. The average Bonchev–Trinajstić information content (AvgIpc) is 2.68. The van der Waals surface area contributed by atoms with E-state index in [4.69, 9.17) is 14.2 Å². The molecule has 1 saturated carbocycles. The molecule has 0 amide bonds. The highest BCUT2D eigenvalue weighted by Crippen LogP contribution is 2.59. The largest absolute Gasteiger partial charge is 0.497 e. The minimum Gasteiger partial charge on any atom is -0.497 e. The van der Waals surface area contributed by atoms with Gasteiger partial charge in [-0.3, -0.25) is 0 Å². The molecule has 0 heterocycles. The van der Waals surface area contributed by atoms with Crippen molar-refractivity contribution in [2.75, 3.05) is 21.3 Å². The first-order valence-corrected chi connectivity index (χ1v) is 9.50. The third-order valence-electron chi connectivity index (χ3n) is 6.84. The molecule has 2 aliphatic rings. The normalized spacial score (nSPS) is 32.5. The monoisotopic (exact) mass is 374 g/mol. The van der Waals surface area contributed by atoms with Crippen molar-refractivity contribution in [2.24, 2.45) is 11.3 Å². The maximum Gasteiger partial charge on any atom is 0.330 e. The number of hydrogen-bond acceptors (Lipinski definition) is 5. The van der Waals surface area contributed by atoms with Crippen molar-refractivity contribution in [2.45, 2.75) is 51.0 Å². The zero-order valence-corrected chi connectivity index (χ0v) is 16.9. The smallest absolute Gasteiger partial charge is 0.330 e. The molecule has 5 heteroatoms. The molecule has 1 aromatic rings. The maximum atomic E-state index is 11.7. The zero-order valence-electron chi connectivity index (χ0n) is 16.9. The summed E-state index contributed by atoms with van der Waals surface area (Å²) in [5, 5.41) is 10.9. The second-order valence-corrected chi connectivity index (χ2v) is 8.15. The fourth-order valence-electron chi connectivity index (χ4n) is 5.38. The predicted octanol–water partition coefficient (Wildman–Crippen LogP) is 3.41. The molecular formula is C22H30O5. The van der Waals surface area contributed by atoms with Crippen LogP contribution >= 0.6 is 0 Å². The lowest BCUT2D eigenvalue weighted by Crippen LogP contribution is -2.54. The van der Waals surface area contributed by atoms with Gasteiger partial charge in [-0.1, -0.05) is 19.9 Å². The number of methoxy groups -OCH3 is 3. The van der Waals surface area contributed by atoms with E-state index in [2.05, 4.69) is 19.9 Å². The molecule has 5 nitrogen and oxygen atoms in total. The first-order chi connectivity index (χ1) is 12.8. The highest BCUT2D eigenvalue weighted by Gasteiger charge is 2.55. The topological polar surface area (TPSA) is 65.0 Å². The van der Waals surface area contributed by atoms with Crippen LogP contribution in [-0.4, -0.2) is 38.5 Å². The molecule has 27 heavy (non-hydrogen) atoms. The Labute approximate surface area is 161 Å². The molecule has 4 atom stereocenters. The standard InChI is InChI=1S/C22H30O5/c1-21(11-9-19(24)27-5)17-7-6-14-12-15(25-3)13-16(26-4)20(14)22(17,2)10-8-18(21)23/h9,11-13,17-18,23H,6-8,10H2,1-5H3/b11-9+/t17-,18-,21-,22-/m0/s1. The van der Waals surface area contributed by atoms with Gasteiger partial charge < -0.3 is 19.3 Å². The van der Waals surface area contributed by atoms with E-state index in [-0.39, 0.29) is 11.3 Å². The molecule has 0 bridgehead atoms. The summed E-state index contributed by atoms with van der Waals surface area (Å²) in [6, 6.07) is 4.05. The van der Waals surface area contributed by atoms with Crippen molar-refractivity contribution >= 4 is 5.97 Å². The van der Waals surface area contributed by atoms with Gasteiger partial charge in [-0.25, -0.2) is 4.79 Å². The van der Waals surface area contributed by atoms with E-state index in [1.807, 2.05) is 12.1 Å². The summed E-state index contributed by atoms with van der Waals surface area (Å²) in [6.07, 6.45) is 6.17. The van der Waals surface area contributed by atoms with Gasteiger partial charge in [0.15, 0.2) is 0 Å². The Hall–Kier alpha value is -2.01. The number of aliphatic hydroxyl groups excluding tert-OH is 1. The van der Waals surface area contributed by atoms with E-state index < -0.39 is 17.5 Å². The quantitative estimate of drug-likeness (QED) is 0.646. The van der Waals surface area contributed by atoms with Crippen LogP contribution in [0.3, 0.4) is 0 Å². The van der Waals surface area contributed by atoms with Crippen LogP contribution < -0.4 is 9.47 Å². The second-order valence-electron chi connectivity index (χ2n) is 8.15. The van der Waals surface area contributed by atoms with Gasteiger partial charge >= 0.3 is 5.97 Å². The van der Waals surface area contributed by atoms with E-state index in [0.29, 0.717) is 6.42 Å². The Bertz CT molecular complexity index is 738. The van der Waals surface area contributed by atoms with Crippen LogP contribution in [0.15, 0.2) is 24.3 Å². The number of rotatable bonds is 4. The summed E-state index contributed by atoms with van der Waals surface area (Å²) in [5.41, 5.74) is 1.80. The molecule has 148 valence electrons. The molecule has 0 spiro atoms. The van der Waals surface area contributed by atoms with E-state index in [9.17, 15) is 9.90 Å². The number of ether oxygens (including phenoxy) is 3. The predicted molar refractivity (Wildman–Crippen MR) is 103 cm³/mol. The molecule has 2 aliphatic carbocycles. The maximum absolute atomic E-state index is 11.7. The molecule has 0 unspecified atom stereocenters. The number of aryl methyl sites for hydroxylation is 1. The van der Waals surface area contributed by atoms with Gasteiger partial charge in [-0.2, -0.15) is 0 Å². The molecule has 1 fully saturated rings. The molecule has 0 radical (unpaired) electrons. The Morgan fingerprint density at radius 3 is 2.56 bits per heavy atom. The molecule has 0 saturated heterocycles. The van der Waals surface area contributed by atoms with Gasteiger partial charge in [-0.05, 0) is 43.2 Å². The Kier molecular flexibility index (Phi) is 5.26. The van der Waals surface area contributed by atoms with Gasteiger partial charge in [0.05, 0.1) is 27.4 Å². The van der Waals surface area contributed by atoms with Gasteiger partial charge in [0.25, 0.3) is 0 Å². The van der Waals surface area contributed by atoms with Crippen molar-refractivity contribution in [1.82, 2.24) is 0 Å². The lowest BCUT2D eigenvalue weighted by Gasteiger charge is -2.56. The first-order valence-electron chi connectivity index (χ1n) is 9.50. The summed E-state index contributed by atoms with van der Waals surface area (Å²) in [6.45, 7) is 4.32. The number of fused-ring (bicyclic) bond motifs is 3. The minimum atomic E-state index is -0.510. The molecule has 0 aromatic heterocycles. The van der Waals surface area contributed by atoms with Gasteiger partial charge in [0.2, 0.25) is 0 Å². The van der Waals surface area contributed by atoms with E-state index in [1.165, 1.54) is 24.3 Å². The lowest BCUT2D eigenvalue weighted by molar-refractivity contribution is -0.135. The van der Waals surface area contributed by atoms with Crippen LogP contribution in [0.25, 0.3) is 0 Å². The summed E-state index contributed by atoms with van der Waals surface area (Å²) in [7, 11) is 4.72. The Morgan fingerprint density at radius 1 is 1.19 bits per heavy atom. The number of aliphatic hydroxyl groups is 1. The summed E-state index contributed by atoms with van der Waals surface area (Å²) < 4.78 is 15.9. The second kappa shape index (κ2) is 7.19. The number of carbonyl (C=O) groups is 1. The van der Waals surface area contributed by atoms with Crippen LogP contribution in [0.5, 0.6) is 11.5 Å². The van der Waals surface area contributed by atoms with Crippen molar-refractivity contribution in [3.63, 3.8) is 0 Å². The van der Waals surface area contributed by atoms with Crippen molar-refractivity contribution in [1.29, 1.82) is 0 Å². The summed E-state index contributed by atoms with van der Waals surface area (Å²) in [5.74, 6) is 1.43. The van der Waals surface area contributed by atoms with Crippen molar-refractivity contribution in [3.8, 4) is 11.5 Å². The van der Waals surface area contributed by atoms with Crippen LogP contribution in [0, 0.1) is 11.3 Å². The highest BCUT2D eigenvalue weighted by molar-refractivity contribution is 5.81. The van der Waals surface area contributed by atoms with Crippen LogP contribution in [-0.2, 0) is 21.4 Å². The highest BCUT2D eigenvalue weighted by atomic mass is 16.5. The van der Waals surface area contributed by atoms with Crippen LogP contribution in [0.4, 0.5) is 0 Å². The minimum absolute atomic E-state index is 0.153. The fraction of sp³-hybridized carbons (Fsp3) is 0.591. The van der Waals surface area contributed by atoms with Gasteiger partial charge in [0.1, 0.15) is 11.5 Å². The number of esters is 1. The van der Waals surface area contributed by atoms with Gasteiger partial charge in [0, 0.05) is 28.5 Å². The molecular weight excluding hydrogens is 344 g/mol. The first kappa shape index (κ1) is 19.7. The van der Waals surface area contributed by atoms with Crippen LogP contribution in [0.2, 0.25) is 0 Å².